The van der Waals surface area contributed by atoms with Crippen LogP contribution in [0.25, 0.3) is 0 Å². The number of carbonyl (C=O) groups excluding carboxylic acids is 4. The fourth-order valence-electron chi connectivity index (χ4n) is 1.35. The van der Waals surface area contributed by atoms with Crippen LogP contribution in [0, 0.1) is 11.8 Å². The van der Waals surface area contributed by atoms with Gasteiger partial charge in [-0.1, -0.05) is 0 Å². The highest BCUT2D eigenvalue weighted by molar-refractivity contribution is 6.53. The highest BCUT2D eigenvalue weighted by atomic mass is 16.2. The quantitative estimate of drug-likeness (QED) is 0.413. The van der Waals surface area contributed by atoms with E-state index in [4.69, 9.17) is 0 Å². The lowest BCUT2D eigenvalue weighted by molar-refractivity contribution is -0.159. The Morgan fingerprint density at radius 2 is 1.17 bits per heavy atom. The minimum Gasteiger partial charge on any atom is -0.299 e. The number of carbonyl (C=O) groups is 4. The molecule has 0 N–H and O–H groups in total. The molecule has 0 aromatic carbocycles. The second-order valence-electron chi connectivity index (χ2n) is 2.91. The first-order valence-electron chi connectivity index (χ1n) is 3.55. The Morgan fingerprint density at radius 1 is 0.917 bits per heavy atom. The zero-order valence-electron chi connectivity index (χ0n) is 6.79. The molecule has 1 saturated carbocycles. The van der Waals surface area contributed by atoms with Crippen molar-refractivity contribution in [3.05, 3.63) is 0 Å². The zero-order chi connectivity index (χ0) is 9.46. The third-order valence-electron chi connectivity index (χ3n) is 2.02. The topological polar surface area (TPSA) is 68.3 Å². The summed E-state index contributed by atoms with van der Waals surface area (Å²) in [7, 11) is 0. The van der Waals surface area contributed by atoms with Crippen LogP contribution in [-0.4, -0.2) is 23.1 Å². The number of hydrogen-bond donors (Lipinski definition) is 0. The SMILES string of the molecule is CC(=O)C1C(=O)C(=O)C1C(C)=O. The summed E-state index contributed by atoms with van der Waals surface area (Å²) in [6.07, 6.45) is 0. The van der Waals surface area contributed by atoms with Crippen molar-refractivity contribution in [1.29, 1.82) is 0 Å². The minimum absolute atomic E-state index is 0.403. The van der Waals surface area contributed by atoms with Gasteiger partial charge < -0.3 is 0 Å². The molecule has 2 unspecified atom stereocenters. The van der Waals surface area contributed by atoms with E-state index in [1.165, 1.54) is 13.8 Å². The molecule has 1 aliphatic carbocycles. The summed E-state index contributed by atoms with van der Waals surface area (Å²) in [5.41, 5.74) is 0. The fourth-order valence-corrected chi connectivity index (χ4v) is 1.35. The lowest BCUT2D eigenvalue weighted by Gasteiger charge is -2.28. The second-order valence-corrected chi connectivity index (χ2v) is 2.91. The predicted molar refractivity (Wildman–Crippen MR) is 38.4 cm³/mol. The van der Waals surface area contributed by atoms with Crippen LogP contribution in [0.15, 0.2) is 0 Å². The fraction of sp³-hybridized carbons (Fsp3) is 0.500. The van der Waals surface area contributed by atoms with Crippen molar-refractivity contribution in [2.24, 2.45) is 11.8 Å². The van der Waals surface area contributed by atoms with Gasteiger partial charge in [0.15, 0.2) is 0 Å². The number of Topliss-reactive ketones (excluding diaryl/α,β-unsaturated/α-hetero) is 4. The molecule has 64 valence electrons. The summed E-state index contributed by atoms with van der Waals surface area (Å²) in [6.45, 7) is 2.43. The highest BCUT2D eigenvalue weighted by Crippen LogP contribution is 2.28. The van der Waals surface area contributed by atoms with Crippen molar-refractivity contribution in [3.8, 4) is 0 Å². The summed E-state index contributed by atoms with van der Waals surface area (Å²) in [5, 5.41) is 0. The van der Waals surface area contributed by atoms with Gasteiger partial charge in [0.25, 0.3) is 0 Å². The molecule has 2 atom stereocenters. The van der Waals surface area contributed by atoms with Crippen LogP contribution in [0.4, 0.5) is 0 Å². The normalized spacial score (nSPS) is 28.2. The molecular formula is C8H8O4. The Labute approximate surface area is 68.9 Å². The largest absolute Gasteiger partial charge is 0.299 e. The van der Waals surface area contributed by atoms with Crippen molar-refractivity contribution in [2.45, 2.75) is 13.8 Å². The molecule has 1 fully saturated rings. The molecule has 0 radical (unpaired) electrons. The molecule has 1 aliphatic rings. The third kappa shape index (κ3) is 0.995. The predicted octanol–water partition coefficient (Wildman–Crippen LogP) is -0.451. The molecule has 12 heavy (non-hydrogen) atoms. The molecule has 0 heterocycles. The van der Waals surface area contributed by atoms with Gasteiger partial charge in [-0.25, -0.2) is 0 Å². The molecule has 0 aromatic heterocycles. The van der Waals surface area contributed by atoms with Crippen molar-refractivity contribution >= 4 is 23.1 Å². The van der Waals surface area contributed by atoms with Gasteiger partial charge in [0.05, 0.1) is 0 Å². The van der Waals surface area contributed by atoms with E-state index < -0.39 is 35.0 Å². The van der Waals surface area contributed by atoms with Gasteiger partial charge in [0.2, 0.25) is 11.6 Å². The molecular weight excluding hydrogens is 160 g/mol. The van der Waals surface area contributed by atoms with E-state index in [0.29, 0.717) is 0 Å². The van der Waals surface area contributed by atoms with Crippen molar-refractivity contribution in [2.75, 3.05) is 0 Å². The average molecular weight is 168 g/mol. The second kappa shape index (κ2) is 2.62. The van der Waals surface area contributed by atoms with Gasteiger partial charge in [-0.3, -0.25) is 19.2 Å². The summed E-state index contributed by atoms with van der Waals surface area (Å²) >= 11 is 0. The molecule has 0 aromatic rings. The Balaban J connectivity index is 2.89. The van der Waals surface area contributed by atoms with E-state index >= 15 is 0 Å². The van der Waals surface area contributed by atoms with Gasteiger partial charge in [-0.15, -0.1) is 0 Å². The molecule has 4 nitrogen and oxygen atoms in total. The molecule has 0 spiro atoms. The van der Waals surface area contributed by atoms with Crippen LogP contribution in [0.2, 0.25) is 0 Å². The van der Waals surface area contributed by atoms with E-state index in [0.717, 1.165) is 0 Å². The van der Waals surface area contributed by atoms with E-state index in [-0.39, 0.29) is 0 Å². The van der Waals surface area contributed by atoms with Gasteiger partial charge in [-0.05, 0) is 13.8 Å². The van der Waals surface area contributed by atoms with Gasteiger partial charge in [-0.2, -0.15) is 0 Å². The first-order valence-corrected chi connectivity index (χ1v) is 3.55. The molecule has 0 amide bonds. The van der Waals surface area contributed by atoms with Crippen LogP contribution in [0.1, 0.15) is 13.8 Å². The smallest absolute Gasteiger partial charge is 0.210 e. The van der Waals surface area contributed by atoms with Gasteiger partial charge in [0, 0.05) is 0 Å². The Hall–Kier alpha value is -1.32. The molecule has 1 rings (SSSR count). The summed E-state index contributed by atoms with van der Waals surface area (Å²) < 4.78 is 0. The van der Waals surface area contributed by atoms with E-state index in [9.17, 15) is 19.2 Å². The first kappa shape index (κ1) is 8.77. The number of rotatable bonds is 2. The lowest BCUT2D eigenvalue weighted by Crippen LogP contribution is -2.54. The summed E-state index contributed by atoms with van der Waals surface area (Å²) in [4.78, 5) is 43.1. The van der Waals surface area contributed by atoms with Crippen LogP contribution < -0.4 is 0 Å². The van der Waals surface area contributed by atoms with Crippen LogP contribution in [0.5, 0.6) is 0 Å². The number of ketones is 4. The Bertz CT molecular complexity index is 259. The minimum atomic E-state index is -0.991. The van der Waals surface area contributed by atoms with Crippen LogP contribution in [0.3, 0.4) is 0 Å². The number of hydrogen-bond acceptors (Lipinski definition) is 4. The molecule has 0 saturated heterocycles. The van der Waals surface area contributed by atoms with Crippen molar-refractivity contribution < 1.29 is 19.2 Å². The van der Waals surface area contributed by atoms with Crippen molar-refractivity contribution in [3.63, 3.8) is 0 Å². The lowest BCUT2D eigenvalue weighted by atomic mass is 9.67. The van der Waals surface area contributed by atoms with E-state index in [1.54, 1.807) is 0 Å². The maximum atomic E-state index is 10.8. The first-order chi connectivity index (χ1) is 5.46. The highest BCUT2D eigenvalue weighted by Gasteiger charge is 2.53. The standard InChI is InChI=1S/C8H8O4/c1-3(9)5-6(4(2)10)8(12)7(5)11/h5-6H,1-2H3. The van der Waals surface area contributed by atoms with Gasteiger partial charge in [0.1, 0.15) is 23.4 Å². The Morgan fingerprint density at radius 3 is 1.33 bits per heavy atom. The van der Waals surface area contributed by atoms with Crippen LogP contribution in [-0.2, 0) is 19.2 Å². The third-order valence-corrected chi connectivity index (χ3v) is 2.02. The Kier molecular flexibility index (Phi) is 1.92. The van der Waals surface area contributed by atoms with E-state index in [2.05, 4.69) is 0 Å². The molecule has 4 heteroatoms. The summed E-state index contributed by atoms with van der Waals surface area (Å²) in [5.74, 6) is -4.23. The zero-order valence-corrected chi connectivity index (χ0v) is 6.79. The molecule has 0 bridgehead atoms. The van der Waals surface area contributed by atoms with Crippen molar-refractivity contribution in [1.82, 2.24) is 0 Å². The molecule has 0 aliphatic heterocycles. The van der Waals surface area contributed by atoms with E-state index in [1.807, 2.05) is 0 Å². The maximum absolute atomic E-state index is 10.8. The average Bonchev–Trinajstić information content (AvgIpc) is 1.96. The van der Waals surface area contributed by atoms with Crippen LogP contribution >= 0.6 is 0 Å². The monoisotopic (exact) mass is 168 g/mol. The summed E-state index contributed by atoms with van der Waals surface area (Å²) in [6, 6.07) is 0. The van der Waals surface area contributed by atoms with Gasteiger partial charge >= 0.3 is 0 Å². The maximum Gasteiger partial charge on any atom is 0.210 e.